The van der Waals surface area contributed by atoms with Gasteiger partial charge in [0.05, 0.1) is 6.04 Å². The van der Waals surface area contributed by atoms with Crippen LogP contribution in [0.15, 0.2) is 22.5 Å². The summed E-state index contributed by atoms with van der Waals surface area (Å²) in [6, 6.07) is 4.89. The standard InChI is InChI=1S/C23H42N6S.HI/c1-20-8-12-29(13-9-20)21(22-7-6-18-30-22)19-26-23(24-2)25-10-4-5-11-28-16-14-27(3)15-17-28;/h6-7,18,20-21H,4-5,8-17,19H2,1-3H3,(H2,24,25,26);1H. The molecule has 2 aliphatic heterocycles. The SMILES string of the molecule is CN=C(NCCCCN1CCN(C)CC1)NCC(c1cccs1)N1CCC(C)CC1.I. The van der Waals surface area contributed by atoms with Crippen LogP contribution in [0.2, 0.25) is 0 Å². The molecule has 2 aliphatic rings. The van der Waals surface area contributed by atoms with Gasteiger partial charge in [0.2, 0.25) is 0 Å². The largest absolute Gasteiger partial charge is 0.356 e. The maximum Gasteiger partial charge on any atom is 0.191 e. The van der Waals surface area contributed by atoms with E-state index < -0.39 is 0 Å². The molecule has 3 heterocycles. The Kier molecular flexibility index (Phi) is 12.7. The number of thiophene rings is 1. The number of halogens is 1. The number of aliphatic imine (C=N–C) groups is 1. The van der Waals surface area contributed by atoms with Gasteiger partial charge in [-0.2, -0.15) is 0 Å². The first kappa shape index (κ1) is 26.8. The summed E-state index contributed by atoms with van der Waals surface area (Å²) in [6.45, 7) is 12.7. The van der Waals surface area contributed by atoms with E-state index in [0.29, 0.717) is 6.04 Å². The first-order valence-electron chi connectivity index (χ1n) is 11.8. The Hall–Kier alpha value is -0.420. The molecule has 0 spiro atoms. The Balaban J connectivity index is 0.00000341. The molecule has 2 N–H and O–H groups in total. The van der Waals surface area contributed by atoms with E-state index in [9.17, 15) is 0 Å². The zero-order valence-electron chi connectivity index (χ0n) is 19.7. The van der Waals surface area contributed by atoms with Crippen LogP contribution in [0.25, 0.3) is 0 Å². The number of hydrogen-bond donors (Lipinski definition) is 2. The van der Waals surface area contributed by atoms with Crippen molar-refractivity contribution in [3.63, 3.8) is 0 Å². The second-order valence-corrected chi connectivity index (χ2v) is 9.96. The monoisotopic (exact) mass is 562 g/mol. The molecule has 1 aromatic rings. The molecule has 1 aromatic heterocycles. The average molecular weight is 563 g/mol. The highest BCUT2D eigenvalue weighted by molar-refractivity contribution is 14.0. The van der Waals surface area contributed by atoms with Crippen molar-refractivity contribution in [1.82, 2.24) is 25.3 Å². The molecule has 178 valence electrons. The fraction of sp³-hybridized carbons (Fsp3) is 0.783. The maximum atomic E-state index is 4.46. The minimum Gasteiger partial charge on any atom is -0.356 e. The van der Waals surface area contributed by atoms with Gasteiger partial charge in [-0.05, 0) is 69.7 Å². The Morgan fingerprint density at radius 1 is 1.13 bits per heavy atom. The van der Waals surface area contributed by atoms with Crippen LogP contribution in [0.1, 0.15) is 43.5 Å². The minimum atomic E-state index is 0. The molecule has 1 atom stereocenters. The molecular formula is C23H43IN6S. The van der Waals surface area contributed by atoms with Crippen LogP contribution >= 0.6 is 35.3 Å². The lowest BCUT2D eigenvalue weighted by Crippen LogP contribution is -2.45. The molecule has 6 nitrogen and oxygen atoms in total. The molecule has 0 aromatic carbocycles. The van der Waals surface area contributed by atoms with Crippen LogP contribution in [0.3, 0.4) is 0 Å². The Morgan fingerprint density at radius 2 is 1.87 bits per heavy atom. The predicted molar refractivity (Wildman–Crippen MR) is 145 cm³/mol. The quantitative estimate of drug-likeness (QED) is 0.209. The topological polar surface area (TPSA) is 46.1 Å². The Bertz CT molecular complexity index is 610. The molecule has 0 saturated carbocycles. The van der Waals surface area contributed by atoms with E-state index in [0.717, 1.165) is 25.0 Å². The number of nitrogens with one attached hydrogen (secondary N) is 2. The van der Waals surface area contributed by atoms with Gasteiger partial charge in [0, 0.05) is 51.2 Å². The number of guanidine groups is 1. The summed E-state index contributed by atoms with van der Waals surface area (Å²) in [5, 5.41) is 9.32. The van der Waals surface area contributed by atoms with Crippen LogP contribution < -0.4 is 10.6 Å². The van der Waals surface area contributed by atoms with E-state index >= 15 is 0 Å². The van der Waals surface area contributed by atoms with Crippen molar-refractivity contribution < 1.29 is 0 Å². The highest BCUT2D eigenvalue weighted by Crippen LogP contribution is 2.29. The Labute approximate surface area is 210 Å². The van der Waals surface area contributed by atoms with Gasteiger partial charge >= 0.3 is 0 Å². The fourth-order valence-corrected chi connectivity index (χ4v) is 5.24. The zero-order chi connectivity index (χ0) is 21.2. The summed E-state index contributed by atoms with van der Waals surface area (Å²) in [4.78, 5) is 13.6. The third-order valence-electron chi connectivity index (χ3n) is 6.61. The second kappa shape index (κ2) is 14.7. The van der Waals surface area contributed by atoms with Crippen LogP contribution in [0.5, 0.6) is 0 Å². The minimum absolute atomic E-state index is 0. The lowest BCUT2D eigenvalue weighted by atomic mass is 9.97. The summed E-state index contributed by atoms with van der Waals surface area (Å²) in [5.74, 6) is 1.79. The third-order valence-corrected chi connectivity index (χ3v) is 7.58. The van der Waals surface area contributed by atoms with E-state index in [1.807, 2.05) is 18.4 Å². The van der Waals surface area contributed by atoms with Crippen molar-refractivity contribution in [3.8, 4) is 0 Å². The number of likely N-dealkylation sites (tertiary alicyclic amines) is 1. The lowest BCUT2D eigenvalue weighted by molar-refractivity contribution is 0.140. The maximum absolute atomic E-state index is 4.46. The molecule has 8 heteroatoms. The van der Waals surface area contributed by atoms with E-state index in [2.05, 4.69) is 61.8 Å². The van der Waals surface area contributed by atoms with E-state index in [4.69, 9.17) is 0 Å². The second-order valence-electron chi connectivity index (χ2n) is 8.98. The van der Waals surface area contributed by atoms with Crippen LogP contribution in [-0.2, 0) is 0 Å². The predicted octanol–water partition coefficient (Wildman–Crippen LogP) is 3.33. The number of nitrogens with zero attached hydrogens (tertiary/aromatic N) is 4. The third kappa shape index (κ3) is 9.15. The normalized spacial score (nSPS) is 20.9. The van der Waals surface area contributed by atoms with Crippen LogP contribution in [0, 0.1) is 5.92 Å². The van der Waals surface area contributed by atoms with Crippen molar-refractivity contribution in [2.24, 2.45) is 10.9 Å². The fourth-order valence-electron chi connectivity index (χ4n) is 4.38. The lowest BCUT2D eigenvalue weighted by Gasteiger charge is -2.36. The van der Waals surface area contributed by atoms with Gasteiger partial charge in [-0.3, -0.25) is 9.89 Å². The number of rotatable bonds is 9. The number of unbranched alkanes of at least 4 members (excludes halogenated alkanes) is 1. The van der Waals surface area contributed by atoms with Gasteiger partial charge in [0.1, 0.15) is 0 Å². The molecule has 0 radical (unpaired) electrons. The van der Waals surface area contributed by atoms with Gasteiger partial charge in [0.15, 0.2) is 5.96 Å². The summed E-state index contributed by atoms with van der Waals surface area (Å²) in [6.07, 6.45) is 5.05. The van der Waals surface area contributed by atoms with Crippen molar-refractivity contribution >= 4 is 41.3 Å². The van der Waals surface area contributed by atoms with E-state index in [1.165, 1.54) is 76.4 Å². The van der Waals surface area contributed by atoms with E-state index in [1.54, 1.807) is 0 Å². The number of piperidine rings is 1. The first-order valence-corrected chi connectivity index (χ1v) is 12.7. The molecule has 0 bridgehead atoms. The van der Waals surface area contributed by atoms with E-state index in [-0.39, 0.29) is 24.0 Å². The molecule has 1 unspecified atom stereocenters. The molecule has 31 heavy (non-hydrogen) atoms. The highest BCUT2D eigenvalue weighted by Gasteiger charge is 2.25. The number of piperazine rings is 1. The first-order chi connectivity index (χ1) is 14.7. The Morgan fingerprint density at radius 3 is 2.52 bits per heavy atom. The van der Waals surface area contributed by atoms with Gasteiger partial charge in [-0.25, -0.2) is 0 Å². The molecule has 0 aliphatic carbocycles. The highest BCUT2D eigenvalue weighted by atomic mass is 127. The summed E-state index contributed by atoms with van der Waals surface area (Å²) in [7, 11) is 4.09. The smallest absolute Gasteiger partial charge is 0.191 e. The molecule has 2 saturated heterocycles. The van der Waals surface area contributed by atoms with Gasteiger partial charge in [-0.15, -0.1) is 35.3 Å². The van der Waals surface area contributed by atoms with Gasteiger partial charge in [0.25, 0.3) is 0 Å². The van der Waals surface area contributed by atoms with Crippen molar-refractivity contribution in [2.75, 3.05) is 73.0 Å². The molecule has 0 amide bonds. The molecular weight excluding hydrogens is 519 g/mol. The number of hydrogen-bond acceptors (Lipinski definition) is 5. The number of likely N-dealkylation sites (N-methyl/N-ethyl adjacent to an activating group) is 1. The summed E-state index contributed by atoms with van der Waals surface area (Å²) in [5.41, 5.74) is 0. The van der Waals surface area contributed by atoms with Crippen molar-refractivity contribution in [1.29, 1.82) is 0 Å². The molecule has 2 fully saturated rings. The van der Waals surface area contributed by atoms with Crippen molar-refractivity contribution in [3.05, 3.63) is 22.4 Å². The van der Waals surface area contributed by atoms with Crippen LogP contribution in [-0.4, -0.2) is 93.7 Å². The molecule has 3 rings (SSSR count). The average Bonchev–Trinajstić information content (AvgIpc) is 3.29. The van der Waals surface area contributed by atoms with Crippen LogP contribution in [0.4, 0.5) is 0 Å². The van der Waals surface area contributed by atoms with Gasteiger partial charge < -0.3 is 20.4 Å². The zero-order valence-corrected chi connectivity index (χ0v) is 22.8. The summed E-state index contributed by atoms with van der Waals surface area (Å²) >= 11 is 1.87. The summed E-state index contributed by atoms with van der Waals surface area (Å²) < 4.78 is 0. The van der Waals surface area contributed by atoms with Crippen molar-refractivity contribution in [2.45, 2.75) is 38.6 Å². The van der Waals surface area contributed by atoms with Gasteiger partial charge in [-0.1, -0.05) is 13.0 Å².